The zero-order valence-corrected chi connectivity index (χ0v) is 13.0. The molecule has 4 heteroatoms. The Hall–Kier alpha value is -1.94. The van der Waals surface area contributed by atoms with Crippen LogP contribution in [0.15, 0.2) is 53.3 Å². The normalized spacial score (nSPS) is 14.2. The molecule has 2 aromatic carbocycles. The lowest BCUT2D eigenvalue weighted by Crippen LogP contribution is -2.31. The first kappa shape index (κ1) is 12.8. The molecule has 0 amide bonds. The third-order valence-corrected chi connectivity index (χ3v) is 4.50. The number of hydrogen-bond acceptors (Lipinski definition) is 3. The van der Waals surface area contributed by atoms with Crippen LogP contribution < -0.4 is 4.90 Å². The Morgan fingerprint density at radius 1 is 1.00 bits per heavy atom. The van der Waals surface area contributed by atoms with E-state index in [4.69, 9.17) is 0 Å². The minimum absolute atomic E-state index is 0.915. The van der Waals surface area contributed by atoms with E-state index >= 15 is 0 Å². The molecule has 0 N–H and O–H groups in total. The van der Waals surface area contributed by atoms with Crippen molar-refractivity contribution >= 4 is 32.7 Å². The smallest absolute Gasteiger partial charge is 0.140 e. The SMILES string of the molecule is Brc1ccc2c(N3CCc4ccccc4C3)ncnc2c1. The number of benzene rings is 2. The summed E-state index contributed by atoms with van der Waals surface area (Å²) >= 11 is 3.50. The Balaban J connectivity index is 1.78. The van der Waals surface area contributed by atoms with Crippen LogP contribution in [0.4, 0.5) is 5.82 Å². The summed E-state index contributed by atoms with van der Waals surface area (Å²) in [5.41, 5.74) is 3.83. The molecule has 0 radical (unpaired) electrons. The van der Waals surface area contributed by atoms with Gasteiger partial charge in [0.2, 0.25) is 0 Å². The molecular formula is C17H14BrN3. The fourth-order valence-electron chi connectivity index (χ4n) is 2.94. The van der Waals surface area contributed by atoms with Gasteiger partial charge in [-0.2, -0.15) is 0 Å². The molecule has 0 fully saturated rings. The van der Waals surface area contributed by atoms with E-state index in [9.17, 15) is 0 Å². The van der Waals surface area contributed by atoms with E-state index in [1.54, 1.807) is 6.33 Å². The van der Waals surface area contributed by atoms with Crippen LogP contribution in [-0.2, 0) is 13.0 Å². The van der Waals surface area contributed by atoms with Crippen molar-refractivity contribution in [3.63, 3.8) is 0 Å². The molecule has 3 nitrogen and oxygen atoms in total. The molecule has 2 heterocycles. The number of rotatable bonds is 1. The van der Waals surface area contributed by atoms with Gasteiger partial charge in [0.15, 0.2) is 0 Å². The van der Waals surface area contributed by atoms with Crippen LogP contribution in [0.5, 0.6) is 0 Å². The minimum Gasteiger partial charge on any atom is -0.351 e. The Kier molecular flexibility index (Phi) is 3.11. The standard InChI is InChI=1S/C17H14BrN3/c18-14-5-6-15-16(9-14)19-11-20-17(15)21-8-7-12-3-1-2-4-13(12)10-21/h1-6,9,11H,7-8,10H2. The van der Waals surface area contributed by atoms with E-state index in [1.807, 2.05) is 12.1 Å². The Labute approximate surface area is 131 Å². The Morgan fingerprint density at radius 3 is 2.76 bits per heavy atom. The number of halogens is 1. The van der Waals surface area contributed by atoms with E-state index in [2.05, 4.69) is 61.1 Å². The molecule has 3 aromatic rings. The van der Waals surface area contributed by atoms with Gasteiger partial charge in [-0.05, 0) is 35.7 Å². The lowest BCUT2D eigenvalue weighted by atomic mass is 10.00. The topological polar surface area (TPSA) is 29.0 Å². The van der Waals surface area contributed by atoms with Gasteiger partial charge in [-0.15, -0.1) is 0 Å². The van der Waals surface area contributed by atoms with Gasteiger partial charge in [-0.25, -0.2) is 9.97 Å². The van der Waals surface area contributed by atoms with Crippen LogP contribution in [0, 0.1) is 0 Å². The average Bonchev–Trinajstić information content (AvgIpc) is 2.53. The fraction of sp³-hybridized carbons (Fsp3) is 0.176. The van der Waals surface area contributed by atoms with Gasteiger partial charge in [-0.1, -0.05) is 40.2 Å². The average molecular weight is 340 g/mol. The third kappa shape index (κ3) is 2.29. The Morgan fingerprint density at radius 2 is 1.86 bits per heavy atom. The summed E-state index contributed by atoms with van der Waals surface area (Å²) < 4.78 is 1.05. The molecule has 0 atom stereocenters. The Bertz CT molecular complexity index is 816. The zero-order chi connectivity index (χ0) is 14.2. The molecule has 1 aliphatic heterocycles. The van der Waals surface area contributed by atoms with Crippen molar-refractivity contribution in [1.29, 1.82) is 0 Å². The van der Waals surface area contributed by atoms with E-state index in [0.29, 0.717) is 0 Å². The van der Waals surface area contributed by atoms with E-state index in [-0.39, 0.29) is 0 Å². The molecule has 0 aliphatic carbocycles. The molecule has 4 rings (SSSR count). The summed E-state index contributed by atoms with van der Waals surface area (Å²) in [6, 6.07) is 14.8. The highest BCUT2D eigenvalue weighted by molar-refractivity contribution is 9.10. The first-order chi connectivity index (χ1) is 10.3. The van der Waals surface area contributed by atoms with Crippen molar-refractivity contribution in [2.75, 3.05) is 11.4 Å². The second-order valence-electron chi connectivity index (χ2n) is 5.30. The van der Waals surface area contributed by atoms with E-state index < -0.39 is 0 Å². The van der Waals surface area contributed by atoms with Gasteiger partial charge in [0.1, 0.15) is 12.1 Å². The zero-order valence-electron chi connectivity index (χ0n) is 11.5. The predicted octanol–water partition coefficient (Wildman–Crippen LogP) is 3.96. The van der Waals surface area contributed by atoms with Crippen LogP contribution in [0.2, 0.25) is 0 Å². The molecule has 0 unspecified atom stereocenters. The minimum atomic E-state index is 0.915. The summed E-state index contributed by atoms with van der Waals surface area (Å²) in [6.45, 7) is 1.91. The highest BCUT2D eigenvalue weighted by atomic mass is 79.9. The summed E-state index contributed by atoms with van der Waals surface area (Å²) in [4.78, 5) is 11.3. The van der Waals surface area contributed by atoms with Gasteiger partial charge >= 0.3 is 0 Å². The first-order valence-corrected chi connectivity index (χ1v) is 7.82. The van der Waals surface area contributed by atoms with E-state index in [1.165, 1.54) is 11.1 Å². The molecule has 1 aliphatic rings. The van der Waals surface area contributed by atoms with Crippen LogP contribution >= 0.6 is 15.9 Å². The maximum atomic E-state index is 4.53. The highest BCUT2D eigenvalue weighted by Crippen LogP contribution is 2.29. The lowest BCUT2D eigenvalue weighted by molar-refractivity contribution is 0.723. The summed E-state index contributed by atoms with van der Waals surface area (Å²) in [5, 5.41) is 1.11. The molecule has 0 saturated heterocycles. The molecule has 0 bridgehead atoms. The van der Waals surface area contributed by atoms with Crippen LogP contribution in [0.1, 0.15) is 11.1 Å². The quantitative estimate of drug-likeness (QED) is 0.672. The molecule has 0 saturated carbocycles. The molecule has 1 aromatic heterocycles. The van der Waals surface area contributed by atoms with Crippen molar-refractivity contribution in [1.82, 2.24) is 9.97 Å². The largest absolute Gasteiger partial charge is 0.351 e. The van der Waals surface area contributed by atoms with Crippen LogP contribution in [0.25, 0.3) is 10.9 Å². The first-order valence-electron chi connectivity index (χ1n) is 7.03. The monoisotopic (exact) mass is 339 g/mol. The highest BCUT2D eigenvalue weighted by Gasteiger charge is 2.18. The number of hydrogen-bond donors (Lipinski definition) is 0. The van der Waals surface area contributed by atoms with Crippen molar-refractivity contribution in [2.24, 2.45) is 0 Å². The molecular weight excluding hydrogens is 326 g/mol. The second kappa shape index (κ2) is 5.11. The predicted molar refractivity (Wildman–Crippen MR) is 88.4 cm³/mol. The fourth-order valence-corrected chi connectivity index (χ4v) is 3.29. The van der Waals surface area contributed by atoms with Gasteiger partial charge < -0.3 is 4.90 Å². The molecule has 104 valence electrons. The van der Waals surface area contributed by atoms with Crippen LogP contribution in [0.3, 0.4) is 0 Å². The van der Waals surface area contributed by atoms with Crippen LogP contribution in [-0.4, -0.2) is 16.5 Å². The van der Waals surface area contributed by atoms with Crippen molar-refractivity contribution in [3.05, 3.63) is 64.4 Å². The summed E-state index contributed by atoms with van der Waals surface area (Å²) in [6.07, 6.45) is 2.73. The number of fused-ring (bicyclic) bond motifs is 2. The van der Waals surface area contributed by atoms with Crippen molar-refractivity contribution in [3.8, 4) is 0 Å². The van der Waals surface area contributed by atoms with E-state index in [0.717, 1.165) is 40.7 Å². The van der Waals surface area contributed by atoms with Gasteiger partial charge in [0.25, 0.3) is 0 Å². The van der Waals surface area contributed by atoms with Gasteiger partial charge in [0.05, 0.1) is 5.52 Å². The van der Waals surface area contributed by atoms with Gasteiger partial charge in [0, 0.05) is 22.9 Å². The maximum Gasteiger partial charge on any atom is 0.140 e. The molecule has 0 spiro atoms. The number of nitrogens with zero attached hydrogens (tertiary/aromatic N) is 3. The van der Waals surface area contributed by atoms with Crippen molar-refractivity contribution in [2.45, 2.75) is 13.0 Å². The second-order valence-corrected chi connectivity index (χ2v) is 6.21. The summed E-state index contributed by atoms with van der Waals surface area (Å²) in [5.74, 6) is 1.03. The lowest BCUT2D eigenvalue weighted by Gasteiger charge is -2.30. The summed E-state index contributed by atoms with van der Waals surface area (Å²) in [7, 11) is 0. The molecule has 21 heavy (non-hydrogen) atoms. The number of anilines is 1. The number of aromatic nitrogens is 2. The third-order valence-electron chi connectivity index (χ3n) is 4.01. The maximum absolute atomic E-state index is 4.53. The van der Waals surface area contributed by atoms with Crippen molar-refractivity contribution < 1.29 is 0 Å². The van der Waals surface area contributed by atoms with Gasteiger partial charge in [-0.3, -0.25) is 0 Å².